The number of aryl methyl sites for hydroxylation is 1. The summed E-state index contributed by atoms with van der Waals surface area (Å²) in [4.78, 5) is 10.6. The molecule has 0 radical (unpaired) electrons. The minimum atomic E-state index is -1.16. The average Bonchev–Trinajstić information content (AvgIpc) is 2.47. The van der Waals surface area contributed by atoms with Crippen molar-refractivity contribution in [1.29, 1.82) is 0 Å². The first-order valence-corrected chi connectivity index (χ1v) is 6.71. The smallest absolute Gasteiger partial charge is 0.119 e. The third-order valence-corrected chi connectivity index (χ3v) is 3.06. The summed E-state index contributed by atoms with van der Waals surface area (Å²) in [7, 11) is 0. The van der Waals surface area contributed by atoms with Crippen LogP contribution in [0.1, 0.15) is 34.8 Å². The summed E-state index contributed by atoms with van der Waals surface area (Å²) < 4.78 is 5.66. The second-order valence-corrected chi connectivity index (χ2v) is 4.67. The molecule has 0 aliphatic heterocycles. The highest BCUT2D eigenvalue weighted by Crippen LogP contribution is 2.15. The van der Waals surface area contributed by atoms with Crippen LogP contribution in [0.15, 0.2) is 48.5 Å². The molecule has 0 fully saturated rings. The van der Waals surface area contributed by atoms with Gasteiger partial charge in [0.05, 0.1) is 5.97 Å². The van der Waals surface area contributed by atoms with E-state index in [2.05, 4.69) is 19.1 Å². The third kappa shape index (κ3) is 3.85. The first kappa shape index (κ1) is 14.1. The summed E-state index contributed by atoms with van der Waals surface area (Å²) in [5, 5.41) is 10.6. The molecule has 3 nitrogen and oxygen atoms in total. The largest absolute Gasteiger partial charge is 0.545 e. The van der Waals surface area contributed by atoms with Gasteiger partial charge in [-0.25, -0.2) is 0 Å². The van der Waals surface area contributed by atoms with Gasteiger partial charge < -0.3 is 14.6 Å². The molecule has 0 unspecified atom stereocenters. The van der Waals surface area contributed by atoms with Crippen molar-refractivity contribution in [3.8, 4) is 5.75 Å². The Bertz CT molecular complexity index is 556. The molecule has 20 heavy (non-hydrogen) atoms. The molecule has 0 aromatic heterocycles. The lowest BCUT2D eigenvalue weighted by Gasteiger charge is -2.08. The van der Waals surface area contributed by atoms with Gasteiger partial charge in [-0.15, -0.1) is 0 Å². The number of carboxylic acid groups (broad SMARTS) is 1. The van der Waals surface area contributed by atoms with Crippen molar-refractivity contribution < 1.29 is 14.6 Å². The summed E-state index contributed by atoms with van der Waals surface area (Å²) in [5.74, 6) is -0.349. The van der Waals surface area contributed by atoms with E-state index in [-0.39, 0.29) is 5.56 Å². The van der Waals surface area contributed by atoms with Gasteiger partial charge >= 0.3 is 0 Å². The first-order valence-electron chi connectivity index (χ1n) is 6.71. The maximum absolute atomic E-state index is 10.6. The Morgan fingerprint density at radius 1 is 1.00 bits per heavy atom. The number of carbonyl (C=O) groups is 1. The van der Waals surface area contributed by atoms with Crippen molar-refractivity contribution >= 4 is 5.97 Å². The molecular formula is C17H17O3-. The van der Waals surface area contributed by atoms with Gasteiger partial charge in [-0.3, -0.25) is 0 Å². The van der Waals surface area contributed by atoms with Gasteiger partial charge in [-0.05, 0) is 35.2 Å². The maximum Gasteiger partial charge on any atom is 0.119 e. The molecule has 3 heteroatoms. The van der Waals surface area contributed by atoms with Crippen molar-refractivity contribution in [3.63, 3.8) is 0 Å². The normalized spacial score (nSPS) is 10.2. The number of ether oxygens (including phenoxy) is 1. The van der Waals surface area contributed by atoms with Crippen LogP contribution in [-0.2, 0) is 13.0 Å². The van der Waals surface area contributed by atoms with Crippen molar-refractivity contribution in [2.24, 2.45) is 0 Å². The zero-order chi connectivity index (χ0) is 14.4. The lowest BCUT2D eigenvalue weighted by molar-refractivity contribution is -0.255. The Kier molecular flexibility index (Phi) is 4.77. The first-order chi connectivity index (χ1) is 9.69. The third-order valence-electron chi connectivity index (χ3n) is 3.06. The van der Waals surface area contributed by atoms with E-state index in [1.165, 1.54) is 17.7 Å². The molecule has 0 aliphatic carbocycles. The van der Waals surface area contributed by atoms with Crippen LogP contribution in [0.3, 0.4) is 0 Å². The van der Waals surface area contributed by atoms with Gasteiger partial charge in [0.15, 0.2) is 0 Å². The fourth-order valence-electron chi connectivity index (χ4n) is 1.94. The Morgan fingerprint density at radius 3 is 2.15 bits per heavy atom. The summed E-state index contributed by atoms with van der Waals surface area (Å²) in [6, 6.07) is 14.6. The zero-order valence-corrected chi connectivity index (χ0v) is 11.5. The van der Waals surface area contributed by atoms with Crippen molar-refractivity contribution in [1.82, 2.24) is 0 Å². The molecule has 0 heterocycles. The number of rotatable bonds is 6. The minimum Gasteiger partial charge on any atom is -0.545 e. The number of carbonyl (C=O) groups excluding carboxylic acids is 1. The van der Waals surface area contributed by atoms with E-state index in [0.29, 0.717) is 6.61 Å². The quantitative estimate of drug-likeness (QED) is 0.810. The highest BCUT2D eigenvalue weighted by Gasteiger charge is 1.98. The molecule has 0 saturated heterocycles. The van der Waals surface area contributed by atoms with Gasteiger partial charge in [0, 0.05) is 0 Å². The number of hydrogen-bond donors (Lipinski definition) is 0. The number of benzene rings is 2. The predicted molar refractivity (Wildman–Crippen MR) is 75.5 cm³/mol. The minimum absolute atomic E-state index is 0.178. The molecule has 0 bridgehead atoms. The van der Waals surface area contributed by atoms with Crippen molar-refractivity contribution in [2.45, 2.75) is 26.4 Å². The summed E-state index contributed by atoms with van der Waals surface area (Å²) in [6.07, 6.45) is 2.20. The predicted octanol–water partition coefficient (Wildman–Crippen LogP) is 2.58. The van der Waals surface area contributed by atoms with E-state index < -0.39 is 5.97 Å². The average molecular weight is 269 g/mol. The van der Waals surface area contributed by atoms with E-state index in [1.807, 2.05) is 12.1 Å². The Hall–Kier alpha value is -2.29. The molecule has 2 rings (SSSR count). The summed E-state index contributed by atoms with van der Waals surface area (Å²) in [5.41, 5.74) is 2.41. The van der Waals surface area contributed by atoms with Gasteiger partial charge in [0.25, 0.3) is 0 Å². The molecule has 2 aromatic carbocycles. The molecule has 0 aliphatic rings. The van der Waals surface area contributed by atoms with Crippen molar-refractivity contribution in [2.75, 3.05) is 0 Å². The van der Waals surface area contributed by atoms with E-state index in [9.17, 15) is 9.90 Å². The van der Waals surface area contributed by atoms with E-state index in [4.69, 9.17) is 4.74 Å². The van der Waals surface area contributed by atoms with Crippen LogP contribution in [0.4, 0.5) is 0 Å². The second-order valence-electron chi connectivity index (χ2n) is 4.67. The van der Waals surface area contributed by atoms with Crippen LogP contribution in [0, 0.1) is 0 Å². The molecule has 0 N–H and O–H groups in total. The number of hydrogen-bond acceptors (Lipinski definition) is 3. The monoisotopic (exact) mass is 269 g/mol. The van der Waals surface area contributed by atoms with Crippen LogP contribution < -0.4 is 9.84 Å². The van der Waals surface area contributed by atoms with Gasteiger partial charge in [-0.1, -0.05) is 49.7 Å². The summed E-state index contributed by atoms with van der Waals surface area (Å²) in [6.45, 7) is 2.57. The molecule has 104 valence electrons. The molecule has 0 saturated carbocycles. The van der Waals surface area contributed by atoms with Crippen LogP contribution in [0.25, 0.3) is 0 Å². The molecule has 0 amide bonds. The van der Waals surface area contributed by atoms with E-state index >= 15 is 0 Å². The lowest BCUT2D eigenvalue weighted by Crippen LogP contribution is -2.22. The molecule has 2 aromatic rings. The SMILES string of the molecule is CCCc1ccc(OCc2ccc(C(=O)[O-])cc2)cc1. The fraction of sp³-hybridized carbons (Fsp3) is 0.235. The van der Waals surface area contributed by atoms with Crippen LogP contribution >= 0.6 is 0 Å². The molecule has 0 atom stereocenters. The van der Waals surface area contributed by atoms with Crippen molar-refractivity contribution in [3.05, 3.63) is 65.2 Å². The van der Waals surface area contributed by atoms with Gasteiger partial charge in [-0.2, -0.15) is 0 Å². The fourth-order valence-corrected chi connectivity index (χ4v) is 1.94. The van der Waals surface area contributed by atoms with Gasteiger partial charge in [0.2, 0.25) is 0 Å². The van der Waals surface area contributed by atoms with Crippen LogP contribution in [-0.4, -0.2) is 5.97 Å². The second kappa shape index (κ2) is 6.75. The molecular weight excluding hydrogens is 252 g/mol. The topological polar surface area (TPSA) is 49.4 Å². The number of aromatic carboxylic acids is 1. The van der Waals surface area contributed by atoms with Crippen LogP contribution in [0.5, 0.6) is 5.75 Å². The Labute approximate surface area is 118 Å². The lowest BCUT2D eigenvalue weighted by atomic mass is 10.1. The van der Waals surface area contributed by atoms with Crippen LogP contribution in [0.2, 0.25) is 0 Å². The standard InChI is InChI=1S/C17H18O3/c1-2-3-13-6-10-16(11-7-13)20-12-14-4-8-15(9-5-14)17(18)19/h4-11H,2-3,12H2,1H3,(H,18,19)/p-1. The summed E-state index contributed by atoms with van der Waals surface area (Å²) >= 11 is 0. The van der Waals surface area contributed by atoms with Gasteiger partial charge in [0.1, 0.15) is 12.4 Å². The highest BCUT2D eigenvalue weighted by atomic mass is 16.5. The van der Waals surface area contributed by atoms with E-state index in [0.717, 1.165) is 24.2 Å². The number of carboxylic acids is 1. The maximum atomic E-state index is 10.6. The Balaban J connectivity index is 1.92. The zero-order valence-electron chi connectivity index (χ0n) is 11.5. The molecule has 0 spiro atoms. The highest BCUT2D eigenvalue weighted by molar-refractivity contribution is 5.85. The Morgan fingerprint density at radius 2 is 1.60 bits per heavy atom. The van der Waals surface area contributed by atoms with E-state index in [1.54, 1.807) is 12.1 Å².